The first-order chi connectivity index (χ1) is 19.9. The maximum absolute atomic E-state index is 13.4. The predicted molar refractivity (Wildman–Crippen MR) is 162 cm³/mol. The first-order valence-electron chi connectivity index (χ1n) is 14.3. The zero-order chi connectivity index (χ0) is 30.3. The number of nitrogens with one attached hydrogen (secondary N) is 4. The number of hydrogen-bond acceptors (Lipinski definition) is 6. The van der Waals surface area contributed by atoms with Crippen LogP contribution in [0.15, 0.2) is 48.5 Å². The molecule has 0 unspecified atom stereocenters. The molecule has 2 aromatic carbocycles. The third-order valence-corrected chi connectivity index (χ3v) is 7.38. The van der Waals surface area contributed by atoms with Crippen molar-refractivity contribution in [3.8, 4) is 11.4 Å². The molecule has 1 fully saturated rings. The average Bonchev–Trinajstić information content (AvgIpc) is 3.38. The standard InChI is InChI=1S/C31H39ClN6O4/c1-19-5-7-20(8-6-19)17-25(28(40)34-24-15-13-22(14-16-24)26-36-29(32)38-37-26)35-27(39)23-11-9-21(10-12-23)18-33-30(41)42-31(2,3)4/h5-8,13-16,21,23,25H,9-12,17-18H2,1-4H3,(H,33,41)(H,34,40)(H,35,39)(H,36,37,38)/t21?,23?,25-/m0/s1. The fourth-order valence-electron chi connectivity index (χ4n) is 4.93. The number of H-pyrrole nitrogens is 1. The van der Waals surface area contributed by atoms with Crippen molar-refractivity contribution in [2.45, 2.75) is 71.4 Å². The molecular formula is C31H39ClN6O4. The van der Waals surface area contributed by atoms with Crippen molar-refractivity contribution >= 4 is 35.2 Å². The van der Waals surface area contributed by atoms with E-state index in [1.807, 2.05) is 52.0 Å². The lowest BCUT2D eigenvalue weighted by molar-refractivity contribution is -0.130. The summed E-state index contributed by atoms with van der Waals surface area (Å²) in [6, 6.07) is 14.3. The van der Waals surface area contributed by atoms with Crippen LogP contribution in [0.1, 0.15) is 57.6 Å². The van der Waals surface area contributed by atoms with E-state index in [1.54, 1.807) is 24.3 Å². The zero-order valence-corrected chi connectivity index (χ0v) is 25.3. The molecule has 1 saturated carbocycles. The minimum absolute atomic E-state index is 0.127. The van der Waals surface area contributed by atoms with Crippen LogP contribution in [0.25, 0.3) is 11.4 Å². The summed E-state index contributed by atoms with van der Waals surface area (Å²) in [5.74, 6) is 0.121. The van der Waals surface area contributed by atoms with Gasteiger partial charge in [-0.3, -0.25) is 9.59 Å². The van der Waals surface area contributed by atoms with Crippen molar-refractivity contribution in [2.24, 2.45) is 11.8 Å². The number of rotatable bonds is 9. The Morgan fingerprint density at radius 3 is 2.29 bits per heavy atom. The van der Waals surface area contributed by atoms with E-state index in [1.165, 1.54) is 0 Å². The Balaban J connectivity index is 1.35. The first-order valence-corrected chi connectivity index (χ1v) is 14.6. The summed E-state index contributed by atoms with van der Waals surface area (Å²) >= 11 is 5.83. The highest BCUT2D eigenvalue weighted by Crippen LogP contribution is 2.29. The minimum atomic E-state index is -0.752. The van der Waals surface area contributed by atoms with Crippen LogP contribution < -0.4 is 16.0 Å². The topological polar surface area (TPSA) is 138 Å². The number of carbonyl (C=O) groups is 3. The van der Waals surface area contributed by atoms with Gasteiger partial charge in [-0.15, -0.1) is 0 Å². The Bertz CT molecular complexity index is 1360. The van der Waals surface area contributed by atoms with Gasteiger partial charge >= 0.3 is 6.09 Å². The van der Waals surface area contributed by atoms with Crippen LogP contribution in [0.3, 0.4) is 0 Å². The van der Waals surface area contributed by atoms with Gasteiger partial charge in [-0.2, -0.15) is 10.1 Å². The normalized spacial score (nSPS) is 17.6. The molecule has 3 aromatic rings. The number of anilines is 1. The highest BCUT2D eigenvalue weighted by atomic mass is 35.5. The third kappa shape index (κ3) is 9.30. The van der Waals surface area contributed by atoms with Crippen molar-refractivity contribution in [1.29, 1.82) is 0 Å². The molecule has 1 aromatic heterocycles. The van der Waals surface area contributed by atoms with Gasteiger partial charge in [-0.05, 0) is 101 Å². The van der Waals surface area contributed by atoms with E-state index in [4.69, 9.17) is 16.3 Å². The van der Waals surface area contributed by atoms with E-state index in [-0.39, 0.29) is 28.9 Å². The van der Waals surface area contributed by atoms with Gasteiger partial charge in [0.2, 0.25) is 17.1 Å². The molecule has 1 aliphatic carbocycles. The number of amides is 3. The fraction of sp³-hybridized carbons (Fsp3) is 0.452. The summed E-state index contributed by atoms with van der Waals surface area (Å²) in [5, 5.41) is 15.6. The second kappa shape index (κ2) is 13.8. The lowest BCUT2D eigenvalue weighted by Crippen LogP contribution is -2.48. The van der Waals surface area contributed by atoms with Crippen LogP contribution in [-0.4, -0.2) is 51.3 Å². The molecule has 10 nitrogen and oxygen atoms in total. The number of aryl methyl sites for hydroxylation is 1. The predicted octanol–water partition coefficient (Wildman–Crippen LogP) is 5.43. The zero-order valence-electron chi connectivity index (χ0n) is 24.5. The summed E-state index contributed by atoms with van der Waals surface area (Å²) in [5.41, 5.74) is 2.87. The lowest BCUT2D eigenvalue weighted by Gasteiger charge is -2.29. The van der Waals surface area contributed by atoms with Crippen LogP contribution in [0.2, 0.25) is 5.28 Å². The Hall–Kier alpha value is -3.92. The average molecular weight is 595 g/mol. The number of aromatic nitrogens is 3. The quantitative estimate of drug-likeness (QED) is 0.261. The van der Waals surface area contributed by atoms with Gasteiger partial charge in [0.25, 0.3) is 0 Å². The van der Waals surface area contributed by atoms with Crippen LogP contribution >= 0.6 is 11.6 Å². The molecule has 0 radical (unpaired) electrons. The van der Waals surface area contributed by atoms with E-state index in [9.17, 15) is 14.4 Å². The largest absolute Gasteiger partial charge is 0.444 e. The molecule has 0 bridgehead atoms. The van der Waals surface area contributed by atoms with Crippen molar-refractivity contribution in [3.63, 3.8) is 0 Å². The van der Waals surface area contributed by atoms with Crippen molar-refractivity contribution in [1.82, 2.24) is 25.8 Å². The number of alkyl carbamates (subject to hydrolysis) is 1. The van der Waals surface area contributed by atoms with E-state index >= 15 is 0 Å². The first kappa shape index (κ1) is 31.0. The van der Waals surface area contributed by atoms with Gasteiger partial charge in [-0.25, -0.2) is 9.89 Å². The number of nitrogens with zero attached hydrogens (tertiary/aromatic N) is 2. The molecule has 4 N–H and O–H groups in total. The van der Waals surface area contributed by atoms with Gasteiger partial charge in [0.1, 0.15) is 11.6 Å². The van der Waals surface area contributed by atoms with Crippen LogP contribution in [-0.2, 0) is 20.7 Å². The van der Waals surface area contributed by atoms with Gasteiger partial charge in [0, 0.05) is 30.1 Å². The van der Waals surface area contributed by atoms with Gasteiger partial charge in [-0.1, -0.05) is 29.8 Å². The highest BCUT2D eigenvalue weighted by molar-refractivity contribution is 6.28. The summed E-state index contributed by atoms with van der Waals surface area (Å²) in [6.07, 6.45) is 2.94. The number of aromatic amines is 1. The van der Waals surface area contributed by atoms with E-state index in [2.05, 4.69) is 31.1 Å². The second-order valence-electron chi connectivity index (χ2n) is 11.9. The summed E-state index contributed by atoms with van der Waals surface area (Å²) < 4.78 is 5.32. The number of halogens is 1. The molecule has 0 aliphatic heterocycles. The van der Waals surface area contributed by atoms with Gasteiger partial charge in [0.15, 0.2) is 5.82 Å². The van der Waals surface area contributed by atoms with E-state index in [0.717, 1.165) is 29.5 Å². The van der Waals surface area contributed by atoms with Crippen molar-refractivity contribution < 1.29 is 19.1 Å². The number of ether oxygens (including phenoxy) is 1. The molecule has 11 heteroatoms. The molecule has 1 heterocycles. The summed E-state index contributed by atoms with van der Waals surface area (Å²) in [7, 11) is 0. The highest BCUT2D eigenvalue weighted by Gasteiger charge is 2.30. The maximum Gasteiger partial charge on any atom is 0.407 e. The molecule has 1 aliphatic rings. The fourth-order valence-corrected chi connectivity index (χ4v) is 5.05. The minimum Gasteiger partial charge on any atom is -0.444 e. The number of benzene rings is 2. The molecule has 1 atom stereocenters. The van der Waals surface area contributed by atoms with E-state index in [0.29, 0.717) is 37.3 Å². The SMILES string of the molecule is Cc1ccc(C[C@H](NC(=O)C2CCC(CNC(=O)OC(C)(C)C)CC2)C(=O)Nc2ccc(-c3n[nH]c(Cl)n3)cc2)cc1. The number of hydrogen-bond donors (Lipinski definition) is 4. The maximum atomic E-state index is 13.4. The van der Waals surface area contributed by atoms with Crippen LogP contribution in [0.5, 0.6) is 0 Å². The molecule has 0 saturated heterocycles. The molecule has 42 heavy (non-hydrogen) atoms. The summed E-state index contributed by atoms with van der Waals surface area (Å²) in [6.45, 7) is 8.01. The Kier molecular flexibility index (Phi) is 10.2. The monoisotopic (exact) mass is 594 g/mol. The third-order valence-electron chi connectivity index (χ3n) is 7.21. The second-order valence-corrected chi connectivity index (χ2v) is 12.2. The molecule has 0 spiro atoms. The lowest BCUT2D eigenvalue weighted by atomic mass is 9.81. The molecule has 4 rings (SSSR count). The Morgan fingerprint density at radius 1 is 1.02 bits per heavy atom. The number of carbonyl (C=O) groups excluding carboxylic acids is 3. The van der Waals surface area contributed by atoms with Crippen LogP contribution in [0, 0.1) is 18.8 Å². The van der Waals surface area contributed by atoms with Gasteiger partial charge in [0.05, 0.1) is 0 Å². The van der Waals surface area contributed by atoms with Crippen LogP contribution in [0.4, 0.5) is 10.5 Å². The molecule has 3 amide bonds. The van der Waals surface area contributed by atoms with E-state index < -0.39 is 17.7 Å². The smallest absolute Gasteiger partial charge is 0.407 e. The molecule has 224 valence electrons. The van der Waals surface area contributed by atoms with Gasteiger partial charge < -0.3 is 20.7 Å². The van der Waals surface area contributed by atoms with Crippen molar-refractivity contribution in [2.75, 3.05) is 11.9 Å². The summed E-state index contributed by atoms with van der Waals surface area (Å²) in [4.78, 5) is 42.9. The Morgan fingerprint density at radius 2 is 1.69 bits per heavy atom. The molecular weight excluding hydrogens is 556 g/mol. The van der Waals surface area contributed by atoms with Crippen molar-refractivity contribution in [3.05, 3.63) is 64.9 Å². The Labute approximate surface area is 251 Å².